The summed E-state index contributed by atoms with van der Waals surface area (Å²) < 4.78 is 26.9. The lowest BCUT2D eigenvalue weighted by molar-refractivity contribution is 0.314. The van der Waals surface area contributed by atoms with Gasteiger partial charge in [-0.05, 0) is 40.1 Å². The first-order valence-electron chi connectivity index (χ1n) is 6.91. The molecule has 7 heteroatoms. The van der Waals surface area contributed by atoms with Crippen LogP contribution in [0.5, 0.6) is 0 Å². The highest BCUT2D eigenvalue weighted by Crippen LogP contribution is 2.10. The van der Waals surface area contributed by atoms with Crippen molar-refractivity contribution in [3.8, 4) is 0 Å². The Hall–Kier alpha value is -0.890. The Kier molecular flexibility index (Phi) is 6.67. The van der Waals surface area contributed by atoms with Gasteiger partial charge in [-0.25, -0.2) is 13.1 Å². The lowest BCUT2D eigenvalue weighted by atomic mass is 10.3. The van der Waals surface area contributed by atoms with Gasteiger partial charge in [0, 0.05) is 31.0 Å². The zero-order chi connectivity index (χ0) is 15.2. The van der Waals surface area contributed by atoms with Gasteiger partial charge in [0.2, 0.25) is 10.0 Å². The standard InChI is InChI=1S/C13H26N4O2S/c1-5-6-14-9-12-7-13(10-15-12)20(18,19)16-8-11(2)17(3)4/h7,10-11,14-16H,5-6,8-9H2,1-4H3. The fraction of sp³-hybridized carbons (Fsp3) is 0.692. The molecule has 0 saturated carbocycles. The van der Waals surface area contributed by atoms with E-state index in [4.69, 9.17) is 0 Å². The number of rotatable bonds is 9. The molecule has 0 saturated heterocycles. The van der Waals surface area contributed by atoms with Crippen LogP contribution in [0.3, 0.4) is 0 Å². The largest absolute Gasteiger partial charge is 0.363 e. The predicted octanol–water partition coefficient (Wildman–Crippen LogP) is 0.743. The number of nitrogens with one attached hydrogen (secondary N) is 3. The summed E-state index contributed by atoms with van der Waals surface area (Å²) in [6, 6.07) is 1.82. The van der Waals surface area contributed by atoms with Crippen molar-refractivity contribution in [3.63, 3.8) is 0 Å². The van der Waals surface area contributed by atoms with Crippen LogP contribution in [0.1, 0.15) is 26.0 Å². The molecule has 0 amide bonds. The van der Waals surface area contributed by atoms with Crippen LogP contribution in [-0.4, -0.2) is 51.5 Å². The van der Waals surface area contributed by atoms with Crippen molar-refractivity contribution >= 4 is 10.0 Å². The van der Waals surface area contributed by atoms with Crippen molar-refractivity contribution in [3.05, 3.63) is 18.0 Å². The van der Waals surface area contributed by atoms with Crippen LogP contribution in [0.4, 0.5) is 0 Å². The zero-order valence-corrected chi connectivity index (χ0v) is 13.5. The Labute approximate surface area is 122 Å². The number of aromatic amines is 1. The summed E-state index contributed by atoms with van der Waals surface area (Å²) in [5.41, 5.74) is 0.875. The summed E-state index contributed by atoms with van der Waals surface area (Å²) in [5.74, 6) is 0. The minimum Gasteiger partial charge on any atom is -0.363 e. The van der Waals surface area contributed by atoms with Crippen LogP contribution in [-0.2, 0) is 16.6 Å². The molecule has 1 rings (SSSR count). The van der Waals surface area contributed by atoms with Crippen molar-refractivity contribution < 1.29 is 8.42 Å². The van der Waals surface area contributed by atoms with Gasteiger partial charge in [0.05, 0.1) is 4.90 Å². The van der Waals surface area contributed by atoms with Gasteiger partial charge in [0.25, 0.3) is 0 Å². The smallest absolute Gasteiger partial charge is 0.242 e. The molecule has 0 fully saturated rings. The summed E-state index contributed by atoms with van der Waals surface area (Å²) in [6.07, 6.45) is 2.58. The van der Waals surface area contributed by atoms with E-state index in [1.54, 1.807) is 6.07 Å². The molecule has 0 aliphatic heterocycles. The Morgan fingerprint density at radius 1 is 1.40 bits per heavy atom. The minimum absolute atomic E-state index is 0.148. The second-order valence-corrected chi connectivity index (χ2v) is 6.97. The molecule has 1 unspecified atom stereocenters. The van der Waals surface area contributed by atoms with Crippen LogP contribution in [0.15, 0.2) is 17.2 Å². The summed E-state index contributed by atoms with van der Waals surface area (Å²) >= 11 is 0. The lowest BCUT2D eigenvalue weighted by Gasteiger charge is -2.19. The number of hydrogen-bond acceptors (Lipinski definition) is 4. The summed E-state index contributed by atoms with van der Waals surface area (Å²) in [5, 5.41) is 3.23. The van der Waals surface area contributed by atoms with Crippen LogP contribution < -0.4 is 10.0 Å². The molecular formula is C13H26N4O2S. The molecule has 0 spiro atoms. The summed E-state index contributed by atoms with van der Waals surface area (Å²) in [6.45, 7) is 6.02. The average molecular weight is 302 g/mol. The molecule has 6 nitrogen and oxygen atoms in total. The Morgan fingerprint density at radius 3 is 2.70 bits per heavy atom. The summed E-state index contributed by atoms with van der Waals surface area (Å²) in [7, 11) is 0.412. The van der Waals surface area contributed by atoms with E-state index in [2.05, 4.69) is 21.9 Å². The fourth-order valence-corrected chi connectivity index (χ4v) is 2.71. The van der Waals surface area contributed by atoms with Crippen molar-refractivity contribution in [2.24, 2.45) is 0 Å². The second kappa shape index (κ2) is 7.78. The molecule has 0 aromatic carbocycles. The van der Waals surface area contributed by atoms with E-state index in [-0.39, 0.29) is 10.9 Å². The SMILES string of the molecule is CCCNCc1cc(S(=O)(=O)NCC(C)N(C)C)c[nH]1. The molecule has 1 aromatic heterocycles. The van der Waals surface area contributed by atoms with Crippen molar-refractivity contribution in [1.82, 2.24) is 19.9 Å². The van der Waals surface area contributed by atoms with Gasteiger partial charge in [-0.1, -0.05) is 6.92 Å². The number of aromatic nitrogens is 1. The predicted molar refractivity (Wildman–Crippen MR) is 81.1 cm³/mol. The first kappa shape index (κ1) is 17.2. The van der Waals surface area contributed by atoms with Gasteiger partial charge in [-0.2, -0.15) is 0 Å². The average Bonchev–Trinajstić information content (AvgIpc) is 2.86. The van der Waals surface area contributed by atoms with Crippen LogP contribution in [0, 0.1) is 0 Å². The molecule has 0 radical (unpaired) electrons. The van der Waals surface area contributed by atoms with E-state index in [1.165, 1.54) is 6.20 Å². The van der Waals surface area contributed by atoms with Crippen LogP contribution >= 0.6 is 0 Å². The number of hydrogen-bond donors (Lipinski definition) is 3. The van der Waals surface area contributed by atoms with E-state index in [0.717, 1.165) is 18.7 Å². The van der Waals surface area contributed by atoms with E-state index in [1.807, 2.05) is 25.9 Å². The maximum atomic E-state index is 12.1. The maximum absolute atomic E-state index is 12.1. The molecule has 0 aliphatic carbocycles. The van der Waals surface area contributed by atoms with Gasteiger partial charge in [-0.15, -0.1) is 0 Å². The number of likely N-dealkylation sites (N-methyl/N-ethyl adjacent to an activating group) is 1. The quantitative estimate of drug-likeness (QED) is 0.588. The maximum Gasteiger partial charge on any atom is 0.242 e. The highest BCUT2D eigenvalue weighted by atomic mass is 32.2. The normalized spacial score (nSPS) is 13.8. The van der Waals surface area contributed by atoms with Crippen molar-refractivity contribution in [1.29, 1.82) is 0 Å². The van der Waals surface area contributed by atoms with E-state index in [0.29, 0.717) is 13.1 Å². The third-order valence-corrected chi connectivity index (χ3v) is 4.62. The molecule has 3 N–H and O–H groups in total. The zero-order valence-electron chi connectivity index (χ0n) is 12.7. The molecule has 116 valence electrons. The van der Waals surface area contributed by atoms with E-state index >= 15 is 0 Å². The second-order valence-electron chi connectivity index (χ2n) is 5.20. The third-order valence-electron chi connectivity index (χ3n) is 3.22. The van der Waals surface area contributed by atoms with Crippen molar-refractivity contribution in [2.45, 2.75) is 37.8 Å². The Bertz CT molecular complexity index is 496. The van der Waals surface area contributed by atoms with Crippen molar-refractivity contribution in [2.75, 3.05) is 27.2 Å². The molecule has 20 heavy (non-hydrogen) atoms. The molecule has 1 atom stereocenters. The van der Waals surface area contributed by atoms with Gasteiger partial charge in [0.15, 0.2) is 0 Å². The van der Waals surface area contributed by atoms with Gasteiger partial charge in [-0.3, -0.25) is 0 Å². The molecule has 1 aromatic rings. The monoisotopic (exact) mass is 302 g/mol. The van der Waals surface area contributed by atoms with E-state index < -0.39 is 10.0 Å². The molecule has 1 heterocycles. The van der Waals surface area contributed by atoms with Crippen LogP contribution in [0.2, 0.25) is 0 Å². The molecule has 0 aliphatic rings. The van der Waals surface area contributed by atoms with Gasteiger partial charge >= 0.3 is 0 Å². The van der Waals surface area contributed by atoms with Crippen LogP contribution in [0.25, 0.3) is 0 Å². The molecule has 0 bridgehead atoms. The highest BCUT2D eigenvalue weighted by molar-refractivity contribution is 7.89. The summed E-state index contributed by atoms with van der Waals surface area (Å²) in [4.78, 5) is 5.25. The van der Waals surface area contributed by atoms with E-state index in [9.17, 15) is 8.42 Å². The topological polar surface area (TPSA) is 77.2 Å². The first-order chi connectivity index (χ1) is 9.36. The number of nitrogens with zero attached hydrogens (tertiary/aromatic N) is 1. The number of sulfonamides is 1. The Balaban J connectivity index is 2.59. The Morgan fingerprint density at radius 2 is 2.10 bits per heavy atom. The molecular weight excluding hydrogens is 276 g/mol. The lowest BCUT2D eigenvalue weighted by Crippen LogP contribution is -2.38. The highest BCUT2D eigenvalue weighted by Gasteiger charge is 2.17. The van der Waals surface area contributed by atoms with Gasteiger partial charge < -0.3 is 15.2 Å². The third kappa shape index (κ3) is 5.24. The number of H-pyrrole nitrogens is 1. The van der Waals surface area contributed by atoms with Gasteiger partial charge in [0.1, 0.15) is 0 Å². The first-order valence-corrected chi connectivity index (χ1v) is 8.39. The minimum atomic E-state index is -3.43. The fourth-order valence-electron chi connectivity index (χ4n) is 1.57.